The van der Waals surface area contributed by atoms with Crippen LogP contribution in [-0.4, -0.2) is 11.4 Å². The van der Waals surface area contributed by atoms with Crippen molar-refractivity contribution in [2.24, 2.45) is 0 Å². The second-order valence-corrected chi connectivity index (χ2v) is 5.30. The summed E-state index contributed by atoms with van der Waals surface area (Å²) >= 11 is 7.56. The van der Waals surface area contributed by atoms with Gasteiger partial charge in [0.1, 0.15) is 5.75 Å². The van der Waals surface area contributed by atoms with Crippen LogP contribution in [0.25, 0.3) is 10.1 Å². The van der Waals surface area contributed by atoms with Crippen molar-refractivity contribution >= 4 is 45.8 Å². The number of phenols is 1. The Balaban J connectivity index is 2.83. The predicted octanol–water partition coefficient (Wildman–Crippen LogP) is 3.62. The summed E-state index contributed by atoms with van der Waals surface area (Å²) in [6.45, 7) is 0. The lowest BCUT2D eigenvalue weighted by molar-refractivity contribution is 0.481. The van der Waals surface area contributed by atoms with Gasteiger partial charge >= 0.3 is 0 Å². The van der Waals surface area contributed by atoms with Gasteiger partial charge < -0.3 is 5.11 Å². The van der Waals surface area contributed by atoms with Crippen molar-refractivity contribution in [2.75, 3.05) is 6.26 Å². The standard InChI is InChI=1S/C9H8OS3/c1-12-7-3-2-6(10)5-4-8(11)13-9(5)7/h2-4,10-11H,1H3. The minimum atomic E-state index is 0.337. The van der Waals surface area contributed by atoms with Crippen molar-refractivity contribution < 1.29 is 5.11 Å². The predicted molar refractivity (Wildman–Crippen MR) is 62.5 cm³/mol. The van der Waals surface area contributed by atoms with Gasteiger partial charge in [0, 0.05) is 10.3 Å². The first-order valence-electron chi connectivity index (χ1n) is 3.71. The number of aromatic hydroxyl groups is 1. The van der Waals surface area contributed by atoms with Gasteiger partial charge in [-0.25, -0.2) is 0 Å². The summed E-state index contributed by atoms with van der Waals surface area (Å²) in [7, 11) is 0. The maximum atomic E-state index is 9.57. The van der Waals surface area contributed by atoms with Crippen LogP contribution in [0.5, 0.6) is 5.75 Å². The van der Waals surface area contributed by atoms with E-state index in [-0.39, 0.29) is 0 Å². The molecule has 13 heavy (non-hydrogen) atoms. The first-order chi connectivity index (χ1) is 6.22. The largest absolute Gasteiger partial charge is 0.507 e. The third-order valence-corrected chi connectivity index (χ3v) is 4.11. The zero-order valence-corrected chi connectivity index (χ0v) is 9.47. The second-order valence-electron chi connectivity index (χ2n) is 2.61. The number of thioether (sulfide) groups is 1. The smallest absolute Gasteiger partial charge is 0.124 e. The van der Waals surface area contributed by atoms with Gasteiger partial charge in [-0.1, -0.05) is 0 Å². The Hall–Kier alpha value is -0.320. The molecular formula is C9H8OS3. The third kappa shape index (κ3) is 1.54. The van der Waals surface area contributed by atoms with E-state index in [1.807, 2.05) is 18.4 Å². The summed E-state index contributed by atoms with van der Waals surface area (Å²) in [6, 6.07) is 5.57. The molecule has 1 aromatic carbocycles. The van der Waals surface area contributed by atoms with E-state index in [9.17, 15) is 5.11 Å². The Kier molecular flexibility index (Phi) is 2.45. The molecule has 0 aliphatic heterocycles. The monoisotopic (exact) mass is 228 g/mol. The average Bonchev–Trinajstić information content (AvgIpc) is 2.48. The maximum absolute atomic E-state index is 9.57. The second kappa shape index (κ2) is 3.44. The fourth-order valence-electron chi connectivity index (χ4n) is 1.23. The molecule has 1 aromatic heterocycles. The van der Waals surface area contributed by atoms with Gasteiger partial charge in [-0.05, 0) is 24.5 Å². The van der Waals surface area contributed by atoms with Crippen LogP contribution in [0.3, 0.4) is 0 Å². The Morgan fingerprint density at radius 2 is 2.23 bits per heavy atom. The molecule has 0 aliphatic rings. The van der Waals surface area contributed by atoms with Gasteiger partial charge in [0.25, 0.3) is 0 Å². The molecule has 0 saturated carbocycles. The van der Waals surface area contributed by atoms with E-state index in [2.05, 4.69) is 12.6 Å². The van der Waals surface area contributed by atoms with Crippen molar-refractivity contribution in [1.29, 1.82) is 0 Å². The molecule has 0 spiro atoms. The van der Waals surface area contributed by atoms with Crippen LogP contribution in [-0.2, 0) is 0 Å². The normalized spacial score (nSPS) is 10.9. The summed E-state index contributed by atoms with van der Waals surface area (Å²) in [4.78, 5) is 1.19. The van der Waals surface area contributed by atoms with Gasteiger partial charge in [0.05, 0.1) is 8.91 Å². The highest BCUT2D eigenvalue weighted by molar-refractivity contribution is 7.99. The average molecular weight is 228 g/mol. The molecule has 1 heterocycles. The first-order valence-corrected chi connectivity index (χ1v) is 6.19. The van der Waals surface area contributed by atoms with E-state index in [4.69, 9.17) is 0 Å². The lowest BCUT2D eigenvalue weighted by Gasteiger charge is -1.99. The number of thiophene rings is 1. The molecule has 2 aromatic rings. The van der Waals surface area contributed by atoms with E-state index >= 15 is 0 Å². The van der Waals surface area contributed by atoms with Crippen molar-refractivity contribution in [3.05, 3.63) is 18.2 Å². The number of rotatable bonds is 1. The van der Waals surface area contributed by atoms with E-state index in [1.54, 1.807) is 29.2 Å². The number of hydrogen-bond donors (Lipinski definition) is 2. The lowest BCUT2D eigenvalue weighted by Crippen LogP contribution is -1.70. The lowest BCUT2D eigenvalue weighted by atomic mass is 10.2. The van der Waals surface area contributed by atoms with Gasteiger partial charge in [-0.3, -0.25) is 0 Å². The molecule has 0 fully saturated rings. The van der Waals surface area contributed by atoms with Crippen LogP contribution >= 0.6 is 35.7 Å². The molecule has 0 bridgehead atoms. The summed E-state index contributed by atoms with van der Waals surface area (Å²) < 4.78 is 2.06. The molecular weight excluding hydrogens is 220 g/mol. The van der Waals surface area contributed by atoms with Crippen molar-refractivity contribution in [1.82, 2.24) is 0 Å². The quantitative estimate of drug-likeness (QED) is 0.574. The van der Waals surface area contributed by atoms with Gasteiger partial charge in [0.2, 0.25) is 0 Å². The number of hydrogen-bond acceptors (Lipinski definition) is 4. The van der Waals surface area contributed by atoms with E-state index in [0.717, 1.165) is 14.3 Å². The molecule has 2 rings (SSSR count). The third-order valence-electron chi connectivity index (χ3n) is 1.83. The van der Waals surface area contributed by atoms with Crippen LogP contribution in [0, 0.1) is 0 Å². The van der Waals surface area contributed by atoms with Crippen molar-refractivity contribution in [2.45, 2.75) is 9.10 Å². The van der Waals surface area contributed by atoms with Crippen LogP contribution in [0.15, 0.2) is 27.3 Å². The van der Waals surface area contributed by atoms with Crippen molar-refractivity contribution in [3.8, 4) is 5.75 Å². The van der Waals surface area contributed by atoms with Crippen LogP contribution in [0.4, 0.5) is 0 Å². The molecule has 0 radical (unpaired) electrons. The van der Waals surface area contributed by atoms with E-state index < -0.39 is 0 Å². The molecule has 68 valence electrons. The molecule has 1 nitrogen and oxygen atoms in total. The number of thiol groups is 1. The Labute approximate surface area is 90.2 Å². The summed E-state index contributed by atoms with van der Waals surface area (Å²) in [5, 5.41) is 10.5. The number of benzene rings is 1. The maximum Gasteiger partial charge on any atom is 0.124 e. The fourth-order valence-corrected chi connectivity index (χ4v) is 3.34. The highest BCUT2D eigenvalue weighted by Crippen LogP contribution is 2.39. The highest BCUT2D eigenvalue weighted by atomic mass is 32.2. The number of phenolic OH excluding ortho intramolecular Hbond substituents is 1. The molecule has 4 heteroatoms. The zero-order chi connectivity index (χ0) is 9.42. The molecule has 0 atom stereocenters. The zero-order valence-electron chi connectivity index (χ0n) is 6.94. The molecule has 0 saturated heterocycles. The fraction of sp³-hybridized carbons (Fsp3) is 0.111. The van der Waals surface area contributed by atoms with Gasteiger partial charge in [-0.2, -0.15) is 0 Å². The van der Waals surface area contributed by atoms with Crippen LogP contribution in [0.2, 0.25) is 0 Å². The summed E-state index contributed by atoms with van der Waals surface area (Å²) in [5.41, 5.74) is 0. The highest BCUT2D eigenvalue weighted by Gasteiger charge is 2.07. The van der Waals surface area contributed by atoms with Crippen LogP contribution in [0.1, 0.15) is 0 Å². The Bertz CT molecular complexity index is 447. The number of fused-ring (bicyclic) bond motifs is 1. The van der Waals surface area contributed by atoms with Gasteiger partial charge in [0.15, 0.2) is 0 Å². The molecule has 0 amide bonds. The van der Waals surface area contributed by atoms with Gasteiger partial charge in [-0.15, -0.1) is 35.7 Å². The minimum Gasteiger partial charge on any atom is -0.507 e. The SMILES string of the molecule is CSc1ccc(O)c2cc(S)sc12. The van der Waals surface area contributed by atoms with E-state index in [0.29, 0.717) is 5.75 Å². The summed E-state index contributed by atoms with van der Waals surface area (Å²) in [5.74, 6) is 0.337. The van der Waals surface area contributed by atoms with E-state index in [1.165, 1.54) is 4.90 Å². The molecule has 1 N–H and O–H groups in total. The topological polar surface area (TPSA) is 20.2 Å². The Morgan fingerprint density at radius 3 is 2.92 bits per heavy atom. The molecule has 0 unspecified atom stereocenters. The minimum absolute atomic E-state index is 0.337. The molecule has 0 aliphatic carbocycles. The first kappa shape index (κ1) is 9.24. The Morgan fingerprint density at radius 1 is 1.46 bits per heavy atom. The van der Waals surface area contributed by atoms with Crippen molar-refractivity contribution in [3.63, 3.8) is 0 Å². The van der Waals surface area contributed by atoms with Crippen LogP contribution < -0.4 is 0 Å². The summed E-state index contributed by atoms with van der Waals surface area (Å²) in [6.07, 6.45) is 2.03.